The minimum Gasteiger partial charge on any atom is -0.326 e. The second kappa shape index (κ2) is 7.77. The first-order valence-electron chi connectivity index (χ1n) is 7.17. The molecule has 122 valence electrons. The van der Waals surface area contributed by atoms with E-state index in [1.54, 1.807) is 18.2 Å². The smallest absolute Gasteiger partial charge is 0.279 e. The lowest BCUT2D eigenvalue weighted by Crippen LogP contribution is -3.08. The van der Waals surface area contributed by atoms with Crippen molar-refractivity contribution in [2.75, 3.05) is 18.9 Å². The molecule has 2 rings (SSSR count). The molecule has 0 bridgehead atoms. The summed E-state index contributed by atoms with van der Waals surface area (Å²) in [5.41, 5.74) is 2.10. The molecule has 1 atom stereocenters. The summed E-state index contributed by atoms with van der Waals surface area (Å²) < 4.78 is 13.2. The van der Waals surface area contributed by atoms with Crippen LogP contribution in [0.4, 0.5) is 10.1 Å². The summed E-state index contributed by atoms with van der Waals surface area (Å²) in [6.07, 6.45) is 0. The maximum atomic E-state index is 13.2. The van der Waals surface area contributed by atoms with Gasteiger partial charge in [0.1, 0.15) is 12.4 Å². The van der Waals surface area contributed by atoms with Gasteiger partial charge in [-0.25, -0.2) is 4.39 Å². The zero-order chi connectivity index (χ0) is 17.0. The number of amides is 1. The number of quaternary nitrogens is 1. The monoisotopic (exact) mass is 355 g/mol. The molecule has 1 unspecified atom stereocenters. The van der Waals surface area contributed by atoms with Crippen molar-refractivity contribution < 1.29 is 14.1 Å². The molecule has 0 radical (unpaired) electrons. The maximum absolute atomic E-state index is 13.2. The van der Waals surface area contributed by atoms with Crippen LogP contribution in [0.5, 0.6) is 0 Å². The van der Waals surface area contributed by atoms with E-state index in [-0.39, 0.29) is 18.3 Å². The Bertz CT molecular complexity index is 722. The lowest BCUT2D eigenvalue weighted by atomic mass is 10.2. The van der Waals surface area contributed by atoms with E-state index in [0.29, 0.717) is 22.3 Å². The highest BCUT2D eigenvalue weighted by atomic mass is 35.5. The van der Waals surface area contributed by atoms with Gasteiger partial charge in [0.2, 0.25) is 0 Å². The van der Waals surface area contributed by atoms with Crippen molar-refractivity contribution >= 4 is 34.8 Å². The molecule has 2 N–H and O–H groups in total. The number of hydrogen-bond donors (Lipinski definition) is 2. The normalized spacial score (nSPS) is 12.0. The van der Waals surface area contributed by atoms with E-state index in [1.165, 1.54) is 12.1 Å². The van der Waals surface area contributed by atoms with Crippen molar-refractivity contribution in [1.82, 2.24) is 0 Å². The van der Waals surface area contributed by atoms with Crippen LogP contribution in [0.2, 0.25) is 10.0 Å². The topological polar surface area (TPSA) is 33.5 Å². The zero-order valence-electron chi connectivity index (χ0n) is 12.9. The number of likely N-dealkylation sites (N-methyl/N-ethyl adjacent to an activating group) is 1. The summed E-state index contributed by atoms with van der Waals surface area (Å²) in [5, 5.41) is 3.59. The Kier molecular flexibility index (Phi) is 5.99. The Morgan fingerprint density at radius 3 is 2.70 bits per heavy atom. The average molecular weight is 356 g/mol. The lowest BCUT2D eigenvalue weighted by molar-refractivity contribution is -0.885. The molecular weight excluding hydrogens is 338 g/mol. The number of carbonyl (C=O) groups excluding carboxylic acids is 1. The van der Waals surface area contributed by atoms with Gasteiger partial charge in [-0.3, -0.25) is 4.79 Å². The highest BCUT2D eigenvalue weighted by Gasteiger charge is 2.15. The molecule has 2 aromatic carbocycles. The molecule has 0 spiro atoms. The molecule has 3 nitrogen and oxygen atoms in total. The van der Waals surface area contributed by atoms with Gasteiger partial charge >= 0.3 is 0 Å². The van der Waals surface area contributed by atoms with Gasteiger partial charge in [-0.1, -0.05) is 41.4 Å². The van der Waals surface area contributed by atoms with Gasteiger partial charge in [-0.15, -0.1) is 0 Å². The molecule has 0 heterocycles. The van der Waals surface area contributed by atoms with E-state index in [1.807, 2.05) is 20.0 Å². The number of aryl methyl sites for hydroxylation is 1. The van der Waals surface area contributed by atoms with E-state index < -0.39 is 0 Å². The van der Waals surface area contributed by atoms with Crippen LogP contribution in [-0.2, 0) is 11.3 Å². The van der Waals surface area contributed by atoms with Crippen LogP contribution in [0.25, 0.3) is 0 Å². The lowest BCUT2D eigenvalue weighted by Gasteiger charge is -2.15. The summed E-state index contributed by atoms with van der Waals surface area (Å²) in [6, 6.07) is 9.84. The molecule has 0 aliphatic heterocycles. The number of carbonyl (C=O) groups is 1. The molecule has 0 saturated carbocycles. The van der Waals surface area contributed by atoms with Gasteiger partial charge < -0.3 is 10.2 Å². The van der Waals surface area contributed by atoms with E-state index >= 15 is 0 Å². The quantitative estimate of drug-likeness (QED) is 0.848. The maximum Gasteiger partial charge on any atom is 0.279 e. The Labute approximate surface area is 145 Å². The molecule has 2 aromatic rings. The number of halogens is 3. The van der Waals surface area contributed by atoms with Gasteiger partial charge in [0.05, 0.1) is 22.8 Å². The standard InChI is InChI=1S/C17H17Cl2FN2O/c1-11-6-7-14(18)17(16(11)19)21-15(23)10-22(2)9-12-4-3-5-13(20)8-12/h3-8H,9-10H2,1-2H3,(H,21,23)/p+1. The van der Waals surface area contributed by atoms with Crippen LogP contribution in [0.15, 0.2) is 36.4 Å². The third kappa shape index (κ3) is 4.93. The highest BCUT2D eigenvalue weighted by Crippen LogP contribution is 2.32. The van der Waals surface area contributed by atoms with E-state index in [0.717, 1.165) is 16.0 Å². The fourth-order valence-electron chi connectivity index (χ4n) is 2.29. The number of benzene rings is 2. The third-order valence-corrected chi connectivity index (χ3v) is 4.21. The summed E-state index contributed by atoms with van der Waals surface area (Å²) in [6.45, 7) is 2.60. The predicted octanol–water partition coefficient (Wildman–Crippen LogP) is 3.09. The SMILES string of the molecule is Cc1ccc(Cl)c(NC(=O)C[NH+](C)Cc2cccc(F)c2)c1Cl. The summed E-state index contributed by atoms with van der Waals surface area (Å²) in [4.78, 5) is 13.1. The minimum atomic E-state index is -0.280. The molecular formula is C17H18Cl2FN2O+. The zero-order valence-corrected chi connectivity index (χ0v) is 14.4. The molecule has 1 amide bonds. The molecule has 0 aliphatic rings. The number of nitrogens with one attached hydrogen (secondary N) is 2. The molecule has 6 heteroatoms. The summed E-state index contributed by atoms with van der Waals surface area (Å²) >= 11 is 12.3. The van der Waals surface area contributed by atoms with Crippen LogP contribution >= 0.6 is 23.2 Å². The highest BCUT2D eigenvalue weighted by molar-refractivity contribution is 6.40. The van der Waals surface area contributed by atoms with Crippen LogP contribution in [-0.4, -0.2) is 19.5 Å². The third-order valence-electron chi connectivity index (χ3n) is 3.41. The van der Waals surface area contributed by atoms with Gasteiger partial charge in [0.15, 0.2) is 6.54 Å². The van der Waals surface area contributed by atoms with Crippen molar-refractivity contribution in [3.8, 4) is 0 Å². The molecule has 23 heavy (non-hydrogen) atoms. The van der Waals surface area contributed by atoms with E-state index in [9.17, 15) is 9.18 Å². The fourth-order valence-corrected chi connectivity index (χ4v) is 2.75. The van der Waals surface area contributed by atoms with E-state index in [2.05, 4.69) is 5.32 Å². The average Bonchev–Trinajstić information content (AvgIpc) is 2.47. The minimum absolute atomic E-state index is 0.201. The van der Waals surface area contributed by atoms with Crippen molar-refractivity contribution in [2.45, 2.75) is 13.5 Å². The molecule has 0 aromatic heterocycles. The molecule has 0 saturated heterocycles. The number of anilines is 1. The van der Waals surface area contributed by atoms with Crippen LogP contribution in [0.3, 0.4) is 0 Å². The Balaban J connectivity index is 1.98. The van der Waals surface area contributed by atoms with Crippen LogP contribution < -0.4 is 10.2 Å². The van der Waals surface area contributed by atoms with Crippen molar-refractivity contribution in [3.05, 3.63) is 63.4 Å². The van der Waals surface area contributed by atoms with Crippen molar-refractivity contribution in [2.24, 2.45) is 0 Å². The molecule has 0 aliphatic carbocycles. The number of rotatable bonds is 5. The fraction of sp³-hybridized carbons (Fsp3) is 0.235. The largest absolute Gasteiger partial charge is 0.326 e. The van der Waals surface area contributed by atoms with Crippen LogP contribution in [0.1, 0.15) is 11.1 Å². The van der Waals surface area contributed by atoms with Crippen LogP contribution in [0, 0.1) is 12.7 Å². The van der Waals surface area contributed by atoms with Gasteiger partial charge in [-0.2, -0.15) is 0 Å². The Hall–Kier alpha value is -1.62. The predicted molar refractivity (Wildman–Crippen MR) is 91.7 cm³/mol. The first-order valence-corrected chi connectivity index (χ1v) is 7.92. The Morgan fingerprint density at radius 2 is 2.00 bits per heavy atom. The van der Waals surface area contributed by atoms with E-state index in [4.69, 9.17) is 23.2 Å². The molecule has 0 fully saturated rings. The number of hydrogen-bond acceptors (Lipinski definition) is 1. The second-order valence-corrected chi connectivity index (χ2v) is 6.33. The first-order chi connectivity index (χ1) is 10.9. The Morgan fingerprint density at radius 1 is 1.26 bits per heavy atom. The van der Waals surface area contributed by atoms with Gasteiger partial charge in [0.25, 0.3) is 5.91 Å². The van der Waals surface area contributed by atoms with Gasteiger partial charge in [0, 0.05) is 5.56 Å². The van der Waals surface area contributed by atoms with Gasteiger partial charge in [-0.05, 0) is 30.7 Å². The second-order valence-electron chi connectivity index (χ2n) is 5.54. The summed E-state index contributed by atoms with van der Waals surface area (Å²) in [5.74, 6) is -0.480. The first kappa shape index (κ1) is 17.7. The van der Waals surface area contributed by atoms with Crippen molar-refractivity contribution in [3.63, 3.8) is 0 Å². The summed E-state index contributed by atoms with van der Waals surface area (Å²) in [7, 11) is 1.87. The van der Waals surface area contributed by atoms with Crippen molar-refractivity contribution in [1.29, 1.82) is 0 Å².